The average Bonchev–Trinajstić information content (AvgIpc) is 2.93. The van der Waals surface area contributed by atoms with Crippen molar-refractivity contribution in [1.82, 2.24) is 4.90 Å². The number of carbonyl (C=O) groups is 1. The van der Waals surface area contributed by atoms with E-state index < -0.39 is 0 Å². The molecule has 1 N–H and O–H groups in total. The van der Waals surface area contributed by atoms with Gasteiger partial charge in [0.15, 0.2) is 0 Å². The van der Waals surface area contributed by atoms with Gasteiger partial charge in [-0.1, -0.05) is 18.2 Å². The lowest BCUT2D eigenvalue weighted by atomic mass is 10.2. The van der Waals surface area contributed by atoms with Crippen molar-refractivity contribution in [2.75, 3.05) is 24.2 Å². The van der Waals surface area contributed by atoms with Crippen LogP contribution in [0.1, 0.15) is 17.4 Å². The van der Waals surface area contributed by atoms with Crippen LogP contribution in [0.3, 0.4) is 0 Å². The number of anilines is 1. The van der Waals surface area contributed by atoms with Crippen LogP contribution in [0.2, 0.25) is 0 Å². The second-order valence-corrected chi connectivity index (χ2v) is 6.26. The molecule has 4 nitrogen and oxygen atoms in total. The molecule has 2 amide bonds. The quantitative estimate of drug-likeness (QED) is 0.912. The molecule has 0 saturated carbocycles. The number of benzene rings is 1. The number of carbonyl (C=O) groups excluding carboxylic acids is 1. The normalized spacial score (nSPS) is 19.0. The summed E-state index contributed by atoms with van der Waals surface area (Å²) in [6, 6.07) is 13.5. The third kappa shape index (κ3) is 3.61. The monoisotopic (exact) mass is 302 g/mol. The van der Waals surface area contributed by atoms with Gasteiger partial charge < -0.3 is 14.6 Å². The first-order valence-corrected chi connectivity index (χ1v) is 8.14. The minimum atomic E-state index is -0.0260. The molecule has 2 heterocycles. The Bertz CT molecular complexity index is 571. The molecule has 1 unspecified atom stereocenters. The van der Waals surface area contributed by atoms with E-state index >= 15 is 0 Å². The van der Waals surface area contributed by atoms with Gasteiger partial charge in [-0.3, -0.25) is 0 Å². The molecule has 2 aromatic rings. The number of hydrogen-bond donors (Lipinski definition) is 1. The lowest BCUT2D eigenvalue weighted by Gasteiger charge is -2.20. The van der Waals surface area contributed by atoms with Gasteiger partial charge in [-0.2, -0.15) is 0 Å². The summed E-state index contributed by atoms with van der Waals surface area (Å²) in [5, 5.41) is 3.29. The van der Waals surface area contributed by atoms with Crippen molar-refractivity contribution in [3.63, 3.8) is 0 Å². The number of nitrogens with zero attached hydrogens (tertiary/aromatic N) is 1. The van der Waals surface area contributed by atoms with Crippen molar-refractivity contribution in [2.45, 2.75) is 11.7 Å². The maximum absolute atomic E-state index is 12.3. The molecule has 3 rings (SSSR count). The third-order valence-electron chi connectivity index (χ3n) is 3.51. The van der Waals surface area contributed by atoms with Crippen molar-refractivity contribution in [2.24, 2.45) is 0 Å². The van der Waals surface area contributed by atoms with Gasteiger partial charge in [-0.25, -0.2) is 4.79 Å². The lowest BCUT2D eigenvalue weighted by Crippen LogP contribution is -2.36. The molecule has 0 spiro atoms. The molecule has 0 aliphatic carbocycles. The molecule has 0 radical (unpaired) electrons. The Balaban J connectivity index is 1.58. The number of hydrogen-bond acceptors (Lipinski definition) is 3. The zero-order chi connectivity index (χ0) is 14.5. The van der Waals surface area contributed by atoms with Gasteiger partial charge in [-0.15, -0.1) is 11.8 Å². The first-order chi connectivity index (χ1) is 10.3. The third-order valence-corrected chi connectivity index (χ3v) is 4.80. The van der Waals surface area contributed by atoms with Crippen molar-refractivity contribution in [1.29, 1.82) is 0 Å². The highest BCUT2D eigenvalue weighted by molar-refractivity contribution is 7.99. The number of urea groups is 1. The second-order valence-electron chi connectivity index (χ2n) is 4.95. The van der Waals surface area contributed by atoms with E-state index in [0.717, 1.165) is 36.7 Å². The van der Waals surface area contributed by atoms with Crippen LogP contribution in [-0.2, 0) is 0 Å². The zero-order valence-corrected chi connectivity index (χ0v) is 12.5. The molecule has 1 saturated heterocycles. The van der Waals surface area contributed by atoms with Gasteiger partial charge in [0.1, 0.15) is 5.76 Å². The first kappa shape index (κ1) is 14.1. The van der Waals surface area contributed by atoms with E-state index in [1.807, 2.05) is 59.1 Å². The fourth-order valence-electron chi connectivity index (χ4n) is 2.40. The van der Waals surface area contributed by atoms with Crippen LogP contribution in [0.15, 0.2) is 53.1 Å². The molecule has 1 aromatic heterocycles. The standard InChI is InChI=1S/C16H18N2O2S/c19-16(17-13-5-2-1-3-6-13)18-9-8-15(21-12-10-18)14-7-4-11-20-14/h1-7,11,15H,8-10,12H2,(H,17,19). The van der Waals surface area contributed by atoms with E-state index in [1.165, 1.54) is 0 Å². The molecule has 110 valence electrons. The summed E-state index contributed by atoms with van der Waals surface area (Å²) < 4.78 is 5.48. The summed E-state index contributed by atoms with van der Waals surface area (Å²) in [5.41, 5.74) is 0.835. The van der Waals surface area contributed by atoms with E-state index in [1.54, 1.807) is 6.26 Å². The molecule has 0 bridgehead atoms. The van der Waals surface area contributed by atoms with Crippen molar-refractivity contribution in [3.05, 3.63) is 54.5 Å². The molecule has 1 aliphatic rings. The predicted molar refractivity (Wildman–Crippen MR) is 85.6 cm³/mol. The van der Waals surface area contributed by atoms with Crippen LogP contribution in [0.4, 0.5) is 10.5 Å². The smallest absolute Gasteiger partial charge is 0.321 e. The Labute approximate surface area is 128 Å². The number of thioether (sulfide) groups is 1. The molecule has 1 aliphatic heterocycles. The van der Waals surface area contributed by atoms with Gasteiger partial charge in [0.2, 0.25) is 0 Å². The molecular formula is C16H18N2O2S. The van der Waals surface area contributed by atoms with Crippen LogP contribution in [0.25, 0.3) is 0 Å². The van der Waals surface area contributed by atoms with Crippen molar-refractivity contribution >= 4 is 23.5 Å². The maximum atomic E-state index is 12.3. The van der Waals surface area contributed by atoms with Gasteiger partial charge in [0.25, 0.3) is 0 Å². The van der Waals surface area contributed by atoms with Crippen molar-refractivity contribution in [3.8, 4) is 0 Å². The second kappa shape index (κ2) is 6.72. The molecular weight excluding hydrogens is 284 g/mol. The maximum Gasteiger partial charge on any atom is 0.321 e. The topological polar surface area (TPSA) is 45.5 Å². The van der Waals surface area contributed by atoms with Gasteiger partial charge in [0, 0.05) is 24.5 Å². The molecule has 1 fully saturated rings. The van der Waals surface area contributed by atoms with Crippen LogP contribution in [-0.4, -0.2) is 29.8 Å². The Hall–Kier alpha value is -1.88. The highest BCUT2D eigenvalue weighted by Gasteiger charge is 2.23. The van der Waals surface area contributed by atoms with Crippen LogP contribution < -0.4 is 5.32 Å². The Morgan fingerprint density at radius 2 is 2.05 bits per heavy atom. The van der Waals surface area contributed by atoms with Crippen LogP contribution >= 0.6 is 11.8 Å². The average molecular weight is 302 g/mol. The zero-order valence-electron chi connectivity index (χ0n) is 11.7. The molecule has 1 atom stereocenters. The Kier molecular flexibility index (Phi) is 4.50. The fourth-order valence-corrected chi connectivity index (χ4v) is 3.58. The largest absolute Gasteiger partial charge is 0.468 e. The summed E-state index contributed by atoms with van der Waals surface area (Å²) in [6.07, 6.45) is 2.63. The van der Waals surface area contributed by atoms with Gasteiger partial charge in [0.05, 0.1) is 11.5 Å². The number of rotatable bonds is 2. The van der Waals surface area contributed by atoms with E-state index in [9.17, 15) is 4.79 Å². The molecule has 5 heteroatoms. The van der Waals surface area contributed by atoms with Gasteiger partial charge in [-0.05, 0) is 30.7 Å². The van der Waals surface area contributed by atoms with E-state index in [2.05, 4.69) is 5.32 Å². The summed E-state index contributed by atoms with van der Waals surface area (Å²) in [7, 11) is 0. The summed E-state index contributed by atoms with van der Waals surface area (Å²) in [5.74, 6) is 1.93. The minimum Gasteiger partial charge on any atom is -0.468 e. The first-order valence-electron chi connectivity index (χ1n) is 7.09. The fraction of sp³-hybridized carbons (Fsp3) is 0.312. The predicted octanol–water partition coefficient (Wildman–Crippen LogP) is 3.99. The number of nitrogens with one attached hydrogen (secondary N) is 1. The number of amides is 2. The van der Waals surface area contributed by atoms with E-state index in [0.29, 0.717) is 5.25 Å². The van der Waals surface area contributed by atoms with Gasteiger partial charge >= 0.3 is 6.03 Å². The highest BCUT2D eigenvalue weighted by atomic mass is 32.2. The minimum absolute atomic E-state index is 0.0260. The lowest BCUT2D eigenvalue weighted by molar-refractivity contribution is 0.214. The van der Waals surface area contributed by atoms with E-state index in [4.69, 9.17) is 4.42 Å². The molecule has 1 aromatic carbocycles. The Morgan fingerprint density at radius 3 is 2.81 bits per heavy atom. The summed E-state index contributed by atoms with van der Waals surface area (Å²) in [6.45, 7) is 1.51. The Morgan fingerprint density at radius 1 is 1.19 bits per heavy atom. The SMILES string of the molecule is O=C(Nc1ccccc1)N1CCSC(c2ccco2)CC1. The van der Waals surface area contributed by atoms with Crippen LogP contribution in [0.5, 0.6) is 0 Å². The number of furan rings is 1. The van der Waals surface area contributed by atoms with Crippen LogP contribution in [0, 0.1) is 0 Å². The van der Waals surface area contributed by atoms with Crippen molar-refractivity contribution < 1.29 is 9.21 Å². The molecule has 21 heavy (non-hydrogen) atoms. The van der Waals surface area contributed by atoms with E-state index in [-0.39, 0.29) is 6.03 Å². The summed E-state index contributed by atoms with van der Waals surface area (Å²) >= 11 is 1.85. The number of para-hydroxylation sites is 1. The summed E-state index contributed by atoms with van der Waals surface area (Å²) in [4.78, 5) is 14.2. The highest BCUT2D eigenvalue weighted by Crippen LogP contribution is 2.34.